The third kappa shape index (κ3) is 3.72. The Morgan fingerprint density at radius 3 is 2.71 bits per heavy atom. The van der Waals surface area contributed by atoms with E-state index in [-0.39, 0.29) is 6.03 Å². The summed E-state index contributed by atoms with van der Waals surface area (Å²) in [7, 11) is 0. The number of hydrogen-bond acceptors (Lipinski definition) is 3. The molecule has 2 amide bonds. The molecule has 2 rings (SSSR count). The van der Waals surface area contributed by atoms with E-state index in [2.05, 4.69) is 10.6 Å². The first kappa shape index (κ1) is 14.8. The molecule has 1 heterocycles. The predicted octanol–water partition coefficient (Wildman–Crippen LogP) is 2.22. The fourth-order valence-corrected chi connectivity index (χ4v) is 2.13. The molecule has 110 valence electrons. The molecule has 5 nitrogen and oxygen atoms in total. The highest BCUT2D eigenvalue weighted by molar-refractivity contribution is 5.95. The molecule has 0 bridgehead atoms. The van der Waals surface area contributed by atoms with Gasteiger partial charge in [0.2, 0.25) is 0 Å². The van der Waals surface area contributed by atoms with Crippen LogP contribution in [0.4, 0.5) is 4.79 Å². The van der Waals surface area contributed by atoms with Crippen molar-refractivity contribution >= 4 is 18.1 Å². The SMILES string of the molecule is CCOC(=O)C1=C(C)NC(=O)N[C@@H]1/C=C/c1ccccc1. The third-order valence-electron chi connectivity index (χ3n) is 3.08. The van der Waals surface area contributed by atoms with Gasteiger partial charge in [-0.1, -0.05) is 42.5 Å². The first-order valence-corrected chi connectivity index (χ1v) is 6.80. The van der Waals surface area contributed by atoms with E-state index >= 15 is 0 Å². The van der Waals surface area contributed by atoms with Crippen molar-refractivity contribution in [1.29, 1.82) is 0 Å². The molecule has 0 radical (unpaired) electrons. The van der Waals surface area contributed by atoms with Gasteiger partial charge in [0.05, 0.1) is 18.2 Å². The zero-order chi connectivity index (χ0) is 15.2. The summed E-state index contributed by atoms with van der Waals surface area (Å²) in [6, 6.07) is 8.83. The van der Waals surface area contributed by atoms with Gasteiger partial charge in [-0.15, -0.1) is 0 Å². The van der Waals surface area contributed by atoms with Crippen LogP contribution in [0.1, 0.15) is 19.4 Å². The van der Waals surface area contributed by atoms with Crippen LogP contribution in [0.2, 0.25) is 0 Å². The van der Waals surface area contributed by atoms with Crippen LogP contribution in [-0.4, -0.2) is 24.6 Å². The molecule has 1 aromatic carbocycles. The van der Waals surface area contributed by atoms with E-state index in [1.165, 1.54) is 0 Å². The van der Waals surface area contributed by atoms with E-state index in [1.54, 1.807) is 19.9 Å². The Morgan fingerprint density at radius 2 is 2.05 bits per heavy atom. The average Bonchev–Trinajstić information content (AvgIpc) is 2.45. The lowest BCUT2D eigenvalue weighted by atomic mass is 10.0. The number of ether oxygens (including phenoxy) is 1. The average molecular weight is 286 g/mol. The molecule has 1 aliphatic rings. The van der Waals surface area contributed by atoms with E-state index < -0.39 is 12.0 Å². The van der Waals surface area contributed by atoms with Gasteiger partial charge in [-0.05, 0) is 19.4 Å². The van der Waals surface area contributed by atoms with Gasteiger partial charge in [0.1, 0.15) is 0 Å². The second-order valence-corrected chi connectivity index (χ2v) is 4.61. The summed E-state index contributed by atoms with van der Waals surface area (Å²) >= 11 is 0. The van der Waals surface area contributed by atoms with Crippen molar-refractivity contribution in [1.82, 2.24) is 10.6 Å². The molecule has 2 N–H and O–H groups in total. The summed E-state index contributed by atoms with van der Waals surface area (Å²) in [6.45, 7) is 3.73. The van der Waals surface area contributed by atoms with Crippen LogP contribution in [0.15, 0.2) is 47.7 Å². The smallest absolute Gasteiger partial charge is 0.338 e. The van der Waals surface area contributed by atoms with Gasteiger partial charge in [0.15, 0.2) is 0 Å². The monoisotopic (exact) mass is 286 g/mol. The lowest BCUT2D eigenvalue weighted by Gasteiger charge is -2.25. The van der Waals surface area contributed by atoms with Crippen LogP contribution < -0.4 is 10.6 Å². The highest BCUT2D eigenvalue weighted by Crippen LogP contribution is 2.16. The molecule has 0 saturated carbocycles. The van der Waals surface area contributed by atoms with Crippen molar-refractivity contribution in [3.63, 3.8) is 0 Å². The molecule has 0 saturated heterocycles. The Bertz CT molecular complexity index is 591. The number of allylic oxidation sites excluding steroid dienone is 1. The maximum atomic E-state index is 12.0. The summed E-state index contributed by atoms with van der Waals surface area (Å²) in [5, 5.41) is 5.30. The Hall–Kier alpha value is -2.56. The number of benzene rings is 1. The predicted molar refractivity (Wildman–Crippen MR) is 80.3 cm³/mol. The molecular weight excluding hydrogens is 268 g/mol. The second kappa shape index (κ2) is 6.74. The maximum absolute atomic E-state index is 12.0. The Kier molecular flexibility index (Phi) is 4.77. The van der Waals surface area contributed by atoms with E-state index in [0.29, 0.717) is 17.9 Å². The molecule has 0 unspecified atom stereocenters. The summed E-state index contributed by atoms with van der Waals surface area (Å²) in [5.74, 6) is -0.426. The summed E-state index contributed by atoms with van der Waals surface area (Å²) in [4.78, 5) is 23.6. The quantitative estimate of drug-likeness (QED) is 0.834. The number of carbonyl (C=O) groups is 2. The summed E-state index contributed by atoms with van der Waals surface area (Å²) < 4.78 is 5.05. The minimum Gasteiger partial charge on any atom is -0.463 e. The van der Waals surface area contributed by atoms with Crippen LogP contribution in [0, 0.1) is 0 Å². The lowest BCUT2D eigenvalue weighted by Crippen LogP contribution is -2.49. The highest BCUT2D eigenvalue weighted by Gasteiger charge is 2.28. The van der Waals surface area contributed by atoms with E-state index in [9.17, 15) is 9.59 Å². The van der Waals surface area contributed by atoms with Gasteiger partial charge >= 0.3 is 12.0 Å². The molecule has 0 aliphatic carbocycles. The molecule has 0 spiro atoms. The molecular formula is C16H18N2O3. The Labute approximate surface area is 123 Å². The van der Waals surface area contributed by atoms with Gasteiger partial charge in [-0.2, -0.15) is 0 Å². The van der Waals surface area contributed by atoms with Crippen molar-refractivity contribution in [2.45, 2.75) is 19.9 Å². The Morgan fingerprint density at radius 1 is 1.33 bits per heavy atom. The minimum atomic E-state index is -0.502. The molecule has 0 fully saturated rings. The molecule has 0 aromatic heterocycles. The summed E-state index contributed by atoms with van der Waals surface area (Å²) in [6.07, 6.45) is 3.65. The van der Waals surface area contributed by atoms with Gasteiger partial charge < -0.3 is 15.4 Å². The third-order valence-corrected chi connectivity index (χ3v) is 3.08. The van der Waals surface area contributed by atoms with Gasteiger partial charge in [0, 0.05) is 5.70 Å². The summed E-state index contributed by atoms with van der Waals surface area (Å²) in [5.41, 5.74) is 1.93. The topological polar surface area (TPSA) is 67.4 Å². The van der Waals surface area contributed by atoms with Gasteiger partial charge in [-0.25, -0.2) is 9.59 Å². The largest absolute Gasteiger partial charge is 0.463 e. The van der Waals surface area contributed by atoms with E-state index in [4.69, 9.17) is 4.74 Å². The van der Waals surface area contributed by atoms with Crippen molar-refractivity contribution in [3.8, 4) is 0 Å². The molecule has 1 atom stereocenters. The van der Waals surface area contributed by atoms with Crippen molar-refractivity contribution < 1.29 is 14.3 Å². The number of rotatable bonds is 4. The van der Waals surface area contributed by atoms with Crippen LogP contribution in [-0.2, 0) is 9.53 Å². The second-order valence-electron chi connectivity index (χ2n) is 4.61. The number of amides is 2. The fourth-order valence-electron chi connectivity index (χ4n) is 2.13. The molecule has 21 heavy (non-hydrogen) atoms. The molecule has 1 aliphatic heterocycles. The molecule has 5 heteroatoms. The number of esters is 1. The van der Waals surface area contributed by atoms with Crippen molar-refractivity contribution in [3.05, 3.63) is 53.2 Å². The van der Waals surface area contributed by atoms with Crippen LogP contribution >= 0.6 is 0 Å². The maximum Gasteiger partial charge on any atom is 0.338 e. The lowest BCUT2D eigenvalue weighted by molar-refractivity contribution is -0.138. The number of urea groups is 1. The zero-order valence-corrected chi connectivity index (χ0v) is 12.1. The highest BCUT2D eigenvalue weighted by atomic mass is 16.5. The first-order chi connectivity index (χ1) is 10.1. The van der Waals surface area contributed by atoms with Crippen LogP contribution in [0.25, 0.3) is 6.08 Å². The van der Waals surface area contributed by atoms with Crippen molar-refractivity contribution in [2.24, 2.45) is 0 Å². The first-order valence-electron chi connectivity index (χ1n) is 6.80. The zero-order valence-electron chi connectivity index (χ0n) is 12.1. The molecule has 1 aromatic rings. The van der Waals surface area contributed by atoms with Crippen molar-refractivity contribution in [2.75, 3.05) is 6.61 Å². The number of nitrogens with one attached hydrogen (secondary N) is 2. The van der Waals surface area contributed by atoms with Crippen LogP contribution in [0.3, 0.4) is 0 Å². The normalized spacial score (nSPS) is 18.4. The van der Waals surface area contributed by atoms with E-state index in [1.807, 2.05) is 36.4 Å². The van der Waals surface area contributed by atoms with E-state index in [0.717, 1.165) is 5.56 Å². The number of hydrogen-bond donors (Lipinski definition) is 2. The van der Waals surface area contributed by atoms with Gasteiger partial charge in [-0.3, -0.25) is 0 Å². The standard InChI is InChI=1S/C16H18N2O3/c1-3-21-15(19)14-11(2)17-16(20)18-13(14)10-9-12-7-5-4-6-8-12/h4-10,13H,3H2,1-2H3,(H2,17,18,20)/b10-9+/t13-/m1/s1. The van der Waals surface area contributed by atoms with Gasteiger partial charge in [0.25, 0.3) is 0 Å². The number of carbonyl (C=O) groups excluding carboxylic acids is 2. The Balaban J connectivity index is 2.26. The minimum absolute atomic E-state index is 0.290. The van der Waals surface area contributed by atoms with Crippen LogP contribution in [0.5, 0.6) is 0 Å². The fraction of sp³-hybridized carbons (Fsp3) is 0.250.